The molecule has 0 aromatic heterocycles. The van der Waals surface area contributed by atoms with Gasteiger partial charge in [0.2, 0.25) is 0 Å². The fourth-order valence-electron chi connectivity index (χ4n) is 2.31. The van der Waals surface area contributed by atoms with Crippen LogP contribution in [0.1, 0.15) is 18.9 Å². The number of likely N-dealkylation sites (N-methyl/N-ethyl adjacent to an activating group) is 1. The maximum atomic E-state index is 5.90. The first-order valence-corrected chi connectivity index (χ1v) is 7.16. The molecule has 0 radical (unpaired) electrons. The van der Waals surface area contributed by atoms with Crippen LogP contribution in [0, 0.1) is 0 Å². The monoisotopic (exact) mass is 313 g/mol. The van der Waals surface area contributed by atoms with Gasteiger partial charge in [0, 0.05) is 17.6 Å². The van der Waals surface area contributed by atoms with Gasteiger partial charge >= 0.3 is 0 Å². The fourth-order valence-corrected chi connectivity index (χ4v) is 2.57. The summed E-state index contributed by atoms with van der Waals surface area (Å²) in [7, 11) is 1.75. The van der Waals surface area contributed by atoms with Crippen molar-refractivity contribution in [2.24, 2.45) is 0 Å². The third-order valence-corrected chi connectivity index (χ3v) is 3.89. The zero-order valence-electron chi connectivity index (χ0n) is 10.9. The van der Waals surface area contributed by atoms with Gasteiger partial charge in [0.25, 0.3) is 0 Å². The van der Waals surface area contributed by atoms with Crippen LogP contribution < -0.4 is 5.32 Å². The van der Waals surface area contributed by atoms with E-state index in [1.165, 1.54) is 5.56 Å². The van der Waals surface area contributed by atoms with Gasteiger partial charge in [-0.2, -0.15) is 0 Å². The van der Waals surface area contributed by atoms with Crippen LogP contribution in [0.15, 0.2) is 28.7 Å². The molecule has 1 aromatic carbocycles. The molecule has 0 aliphatic heterocycles. The summed E-state index contributed by atoms with van der Waals surface area (Å²) in [5, 5.41) is 3.41. The molecule has 0 saturated heterocycles. The minimum Gasteiger partial charge on any atom is -0.377 e. The van der Waals surface area contributed by atoms with Crippen LogP contribution >= 0.6 is 15.9 Å². The lowest BCUT2D eigenvalue weighted by Crippen LogP contribution is -2.59. The quantitative estimate of drug-likeness (QED) is 0.876. The molecule has 3 nitrogen and oxygen atoms in total. The molecule has 0 bridgehead atoms. The molecular weight excluding hydrogens is 294 g/mol. The Labute approximate surface area is 117 Å². The second-order valence-corrected chi connectivity index (χ2v) is 5.49. The van der Waals surface area contributed by atoms with Crippen LogP contribution in [0.4, 0.5) is 0 Å². The van der Waals surface area contributed by atoms with E-state index in [-0.39, 0.29) is 12.2 Å². The second-order valence-electron chi connectivity index (χ2n) is 4.58. The van der Waals surface area contributed by atoms with Crippen LogP contribution in [0.5, 0.6) is 0 Å². The molecule has 1 saturated carbocycles. The van der Waals surface area contributed by atoms with Crippen molar-refractivity contribution >= 4 is 15.9 Å². The molecule has 0 amide bonds. The van der Waals surface area contributed by atoms with E-state index in [1.54, 1.807) is 7.11 Å². The lowest BCUT2D eigenvalue weighted by molar-refractivity contribution is -0.139. The van der Waals surface area contributed by atoms with Gasteiger partial charge in [0.1, 0.15) is 0 Å². The Bertz CT molecular complexity index is 369. The predicted molar refractivity (Wildman–Crippen MR) is 75.6 cm³/mol. The first-order valence-electron chi connectivity index (χ1n) is 6.36. The molecule has 2 rings (SSSR count). The van der Waals surface area contributed by atoms with E-state index in [0.29, 0.717) is 12.6 Å². The minimum atomic E-state index is 0.181. The highest BCUT2D eigenvalue weighted by Gasteiger charge is 2.41. The first-order chi connectivity index (χ1) is 8.74. The third kappa shape index (κ3) is 3.32. The van der Waals surface area contributed by atoms with Crippen molar-refractivity contribution in [3.63, 3.8) is 0 Å². The van der Waals surface area contributed by atoms with Crippen molar-refractivity contribution in [3.8, 4) is 0 Å². The Hall–Kier alpha value is -0.420. The van der Waals surface area contributed by atoms with E-state index >= 15 is 0 Å². The van der Waals surface area contributed by atoms with Gasteiger partial charge in [-0.25, -0.2) is 0 Å². The summed E-state index contributed by atoms with van der Waals surface area (Å²) in [6.45, 7) is 3.74. The smallest absolute Gasteiger partial charge is 0.0987 e. The summed E-state index contributed by atoms with van der Waals surface area (Å²) in [5.74, 6) is 0. The van der Waals surface area contributed by atoms with Crippen molar-refractivity contribution in [2.45, 2.75) is 38.2 Å². The van der Waals surface area contributed by atoms with Crippen molar-refractivity contribution in [2.75, 3.05) is 13.7 Å². The zero-order chi connectivity index (χ0) is 13.0. The summed E-state index contributed by atoms with van der Waals surface area (Å²) in [4.78, 5) is 0. The third-order valence-electron chi connectivity index (χ3n) is 3.37. The fraction of sp³-hybridized carbons (Fsp3) is 0.571. The molecule has 1 aromatic rings. The van der Waals surface area contributed by atoms with Crippen LogP contribution in [0.25, 0.3) is 0 Å². The molecule has 1 aliphatic carbocycles. The molecule has 1 N–H and O–H groups in total. The Morgan fingerprint density at radius 2 is 2.06 bits per heavy atom. The maximum Gasteiger partial charge on any atom is 0.0987 e. The molecule has 3 atom stereocenters. The molecule has 100 valence electrons. The number of nitrogens with one attached hydrogen (secondary N) is 1. The summed E-state index contributed by atoms with van der Waals surface area (Å²) in [6.07, 6.45) is 1.42. The lowest BCUT2D eigenvalue weighted by atomic mass is 9.85. The predicted octanol–water partition coefficient (Wildman–Crippen LogP) is 2.73. The summed E-state index contributed by atoms with van der Waals surface area (Å²) in [5.41, 5.74) is 1.19. The first kappa shape index (κ1) is 14.0. The number of ether oxygens (including phenoxy) is 2. The highest BCUT2D eigenvalue weighted by Crippen LogP contribution is 2.27. The molecule has 4 heteroatoms. The van der Waals surface area contributed by atoms with E-state index in [1.807, 2.05) is 12.1 Å². The average Bonchev–Trinajstić information content (AvgIpc) is 2.35. The minimum absolute atomic E-state index is 0.181. The zero-order valence-corrected chi connectivity index (χ0v) is 12.4. The van der Waals surface area contributed by atoms with E-state index < -0.39 is 0 Å². The highest BCUT2D eigenvalue weighted by molar-refractivity contribution is 9.10. The maximum absolute atomic E-state index is 5.90. The van der Waals surface area contributed by atoms with Crippen molar-refractivity contribution in [1.29, 1.82) is 0 Å². The van der Waals surface area contributed by atoms with Gasteiger partial charge < -0.3 is 14.8 Å². The Kier molecular flexibility index (Phi) is 5.18. The van der Waals surface area contributed by atoms with Gasteiger partial charge in [0.05, 0.1) is 18.8 Å². The van der Waals surface area contributed by atoms with Crippen LogP contribution in [0.2, 0.25) is 0 Å². The van der Waals surface area contributed by atoms with Crippen LogP contribution in [0.3, 0.4) is 0 Å². The number of halogens is 1. The number of methoxy groups -OCH3 is 1. The van der Waals surface area contributed by atoms with Crippen LogP contribution in [-0.2, 0) is 16.1 Å². The Morgan fingerprint density at radius 3 is 2.67 bits per heavy atom. The van der Waals surface area contributed by atoms with Crippen molar-refractivity contribution in [1.82, 2.24) is 5.32 Å². The molecule has 0 spiro atoms. The number of hydrogen-bond acceptors (Lipinski definition) is 3. The second kappa shape index (κ2) is 6.66. The SMILES string of the molecule is CCNC1CC(OCc2ccc(Br)cc2)C1OC. The van der Waals surface area contributed by atoms with Gasteiger partial charge in [-0.3, -0.25) is 0 Å². The molecule has 0 heterocycles. The topological polar surface area (TPSA) is 30.5 Å². The number of hydrogen-bond donors (Lipinski definition) is 1. The molecule has 3 unspecified atom stereocenters. The standard InChI is InChI=1S/C14H20BrNO2/c1-3-16-12-8-13(14(12)17-2)18-9-10-4-6-11(15)7-5-10/h4-7,12-14,16H,3,8-9H2,1-2H3. The van der Waals surface area contributed by atoms with Crippen molar-refractivity contribution < 1.29 is 9.47 Å². The Balaban J connectivity index is 1.79. The number of benzene rings is 1. The van der Waals surface area contributed by atoms with Gasteiger partial charge in [-0.1, -0.05) is 35.0 Å². The molecule has 18 heavy (non-hydrogen) atoms. The summed E-state index contributed by atoms with van der Waals surface area (Å²) >= 11 is 3.43. The normalized spacial score (nSPS) is 26.9. The van der Waals surface area contributed by atoms with Gasteiger partial charge in [-0.15, -0.1) is 0 Å². The molecular formula is C14H20BrNO2. The largest absolute Gasteiger partial charge is 0.377 e. The van der Waals surface area contributed by atoms with E-state index in [4.69, 9.17) is 9.47 Å². The van der Waals surface area contributed by atoms with E-state index in [9.17, 15) is 0 Å². The molecule has 1 aliphatic rings. The lowest BCUT2D eigenvalue weighted by Gasteiger charge is -2.43. The van der Waals surface area contributed by atoms with E-state index in [0.717, 1.165) is 17.4 Å². The van der Waals surface area contributed by atoms with E-state index in [2.05, 4.69) is 40.3 Å². The van der Waals surface area contributed by atoms with Crippen molar-refractivity contribution in [3.05, 3.63) is 34.3 Å². The summed E-state index contributed by atoms with van der Waals surface area (Å²) in [6, 6.07) is 8.66. The van der Waals surface area contributed by atoms with Gasteiger partial charge in [0.15, 0.2) is 0 Å². The van der Waals surface area contributed by atoms with Gasteiger partial charge in [-0.05, 0) is 30.7 Å². The average molecular weight is 314 g/mol. The summed E-state index contributed by atoms with van der Waals surface area (Å²) < 4.78 is 12.5. The Morgan fingerprint density at radius 1 is 1.33 bits per heavy atom. The highest BCUT2D eigenvalue weighted by atomic mass is 79.9. The molecule has 1 fully saturated rings. The number of rotatable bonds is 6. The van der Waals surface area contributed by atoms with Crippen LogP contribution in [-0.4, -0.2) is 31.9 Å².